The third-order valence-electron chi connectivity index (χ3n) is 7.89. The second-order valence-electron chi connectivity index (χ2n) is 11.1. The SMILES string of the molecule is CC(C)c1ncccc1-c1ncc2c(n1)N(Cc1ccc(-c3nc(C(C)(F)F)cn3C)cc1)CCC21CC1. The smallest absolute Gasteiger partial charge is 0.288 e. The molecule has 1 saturated carbocycles. The molecular formula is C30H32F2N6. The predicted octanol–water partition coefficient (Wildman–Crippen LogP) is 6.62. The highest BCUT2D eigenvalue weighted by molar-refractivity contribution is 5.65. The predicted molar refractivity (Wildman–Crippen MR) is 144 cm³/mol. The zero-order valence-corrected chi connectivity index (χ0v) is 22.2. The fourth-order valence-electron chi connectivity index (χ4n) is 5.52. The number of halogens is 2. The van der Waals surface area contributed by atoms with E-state index in [0.717, 1.165) is 53.9 Å². The first-order chi connectivity index (χ1) is 18.1. The van der Waals surface area contributed by atoms with Crippen molar-refractivity contribution in [2.45, 2.75) is 63.8 Å². The van der Waals surface area contributed by atoms with E-state index in [4.69, 9.17) is 9.97 Å². The molecule has 0 unspecified atom stereocenters. The summed E-state index contributed by atoms with van der Waals surface area (Å²) in [6, 6.07) is 12.0. The van der Waals surface area contributed by atoms with E-state index in [1.165, 1.54) is 24.6 Å². The Labute approximate surface area is 221 Å². The van der Waals surface area contributed by atoms with Crippen molar-refractivity contribution in [3.05, 3.63) is 77.5 Å². The minimum absolute atomic E-state index is 0.220. The van der Waals surface area contributed by atoms with Crippen LogP contribution in [0.5, 0.6) is 0 Å². The summed E-state index contributed by atoms with van der Waals surface area (Å²) >= 11 is 0. The standard InChI is InChI=1S/C30H32F2N6/c1-19(2)25-22(6-5-14-33-25)26-34-16-23-28(36-26)38(15-13-30(23)11-12-30)17-20-7-9-21(10-8-20)27-35-24(18-37(27)4)29(3,31)32/h5-10,14,16,18-19H,11-13,15,17H2,1-4H3. The second kappa shape index (κ2) is 8.96. The summed E-state index contributed by atoms with van der Waals surface area (Å²) in [4.78, 5) is 21.1. The molecule has 0 bridgehead atoms. The highest BCUT2D eigenvalue weighted by atomic mass is 19.3. The van der Waals surface area contributed by atoms with Gasteiger partial charge in [-0.15, -0.1) is 0 Å². The molecule has 0 N–H and O–H groups in total. The van der Waals surface area contributed by atoms with Gasteiger partial charge in [0.15, 0.2) is 5.82 Å². The second-order valence-corrected chi connectivity index (χ2v) is 11.1. The van der Waals surface area contributed by atoms with Crippen LogP contribution in [0, 0.1) is 0 Å². The highest BCUT2D eigenvalue weighted by Crippen LogP contribution is 2.56. The van der Waals surface area contributed by atoms with E-state index >= 15 is 0 Å². The van der Waals surface area contributed by atoms with Crippen LogP contribution in [0.3, 0.4) is 0 Å². The average Bonchev–Trinajstić information content (AvgIpc) is 3.57. The van der Waals surface area contributed by atoms with Crippen molar-refractivity contribution < 1.29 is 8.78 Å². The lowest BCUT2D eigenvalue weighted by Crippen LogP contribution is -2.34. The maximum Gasteiger partial charge on any atom is 0.288 e. The summed E-state index contributed by atoms with van der Waals surface area (Å²) in [6.07, 6.45) is 8.75. The molecule has 196 valence electrons. The summed E-state index contributed by atoms with van der Waals surface area (Å²) in [5.74, 6) is -0.434. The summed E-state index contributed by atoms with van der Waals surface area (Å²) in [5, 5.41) is 0. The maximum atomic E-state index is 13.8. The van der Waals surface area contributed by atoms with Crippen molar-refractivity contribution in [3.8, 4) is 22.8 Å². The van der Waals surface area contributed by atoms with Crippen molar-refractivity contribution in [3.63, 3.8) is 0 Å². The van der Waals surface area contributed by atoms with Crippen molar-refractivity contribution in [2.75, 3.05) is 11.4 Å². The van der Waals surface area contributed by atoms with Crippen LogP contribution < -0.4 is 4.90 Å². The Bertz CT molecular complexity index is 1480. The van der Waals surface area contributed by atoms with Gasteiger partial charge < -0.3 is 9.47 Å². The van der Waals surface area contributed by atoms with Crippen LogP contribution in [-0.2, 0) is 24.9 Å². The third kappa shape index (κ3) is 4.36. The minimum atomic E-state index is -2.97. The molecule has 2 aliphatic rings. The number of pyridine rings is 1. The highest BCUT2D eigenvalue weighted by Gasteiger charge is 2.49. The molecule has 3 aromatic heterocycles. The van der Waals surface area contributed by atoms with Gasteiger partial charge in [-0.1, -0.05) is 38.1 Å². The number of aromatic nitrogens is 5. The largest absolute Gasteiger partial charge is 0.352 e. The number of imidazole rings is 1. The molecule has 1 aromatic carbocycles. The fourth-order valence-corrected chi connectivity index (χ4v) is 5.52. The number of nitrogens with zero attached hydrogens (tertiary/aromatic N) is 6. The van der Waals surface area contributed by atoms with Crippen LogP contribution in [0.25, 0.3) is 22.8 Å². The van der Waals surface area contributed by atoms with Gasteiger partial charge in [0.2, 0.25) is 0 Å². The summed E-state index contributed by atoms with van der Waals surface area (Å²) in [5.41, 5.74) is 5.18. The lowest BCUT2D eigenvalue weighted by atomic mass is 9.89. The van der Waals surface area contributed by atoms with Crippen molar-refractivity contribution in [2.24, 2.45) is 7.05 Å². The van der Waals surface area contributed by atoms with Gasteiger partial charge in [0, 0.05) is 67.8 Å². The molecule has 1 spiro atoms. The lowest BCUT2D eigenvalue weighted by Gasteiger charge is -2.35. The number of anilines is 1. The Kier molecular flexibility index (Phi) is 5.81. The maximum absolute atomic E-state index is 13.8. The topological polar surface area (TPSA) is 59.7 Å². The molecule has 8 heteroatoms. The van der Waals surface area contributed by atoms with Crippen LogP contribution in [0.2, 0.25) is 0 Å². The first-order valence-corrected chi connectivity index (χ1v) is 13.2. The van der Waals surface area contributed by atoms with Crippen molar-refractivity contribution >= 4 is 5.82 Å². The monoisotopic (exact) mass is 514 g/mol. The molecule has 1 aliphatic heterocycles. The molecule has 0 atom stereocenters. The number of fused-ring (bicyclic) bond motifs is 2. The molecule has 1 aliphatic carbocycles. The minimum Gasteiger partial charge on any atom is -0.352 e. The molecule has 1 fully saturated rings. The number of aryl methyl sites for hydroxylation is 1. The summed E-state index contributed by atoms with van der Waals surface area (Å²) < 4.78 is 29.2. The van der Waals surface area contributed by atoms with Crippen LogP contribution in [0.15, 0.2) is 55.0 Å². The molecular weight excluding hydrogens is 482 g/mol. The Hall–Kier alpha value is -3.68. The fraction of sp³-hybridized carbons (Fsp3) is 0.400. The Balaban J connectivity index is 1.30. The van der Waals surface area contributed by atoms with E-state index in [9.17, 15) is 8.78 Å². The number of rotatable bonds is 6. The Morgan fingerprint density at radius 2 is 1.79 bits per heavy atom. The van der Waals surface area contributed by atoms with Crippen LogP contribution in [0.4, 0.5) is 14.6 Å². The van der Waals surface area contributed by atoms with Gasteiger partial charge in [0.05, 0.1) is 5.69 Å². The number of hydrogen-bond acceptors (Lipinski definition) is 5. The quantitative estimate of drug-likeness (QED) is 0.290. The van der Waals surface area contributed by atoms with Gasteiger partial charge in [0.25, 0.3) is 5.92 Å². The molecule has 4 aromatic rings. The normalized spacial score (nSPS) is 16.2. The van der Waals surface area contributed by atoms with Crippen LogP contribution in [-0.4, -0.2) is 31.0 Å². The van der Waals surface area contributed by atoms with Crippen molar-refractivity contribution in [1.29, 1.82) is 0 Å². The van der Waals surface area contributed by atoms with Gasteiger partial charge in [-0.25, -0.2) is 15.0 Å². The first-order valence-electron chi connectivity index (χ1n) is 13.2. The Morgan fingerprint density at radius 3 is 2.45 bits per heavy atom. The van der Waals surface area contributed by atoms with Crippen molar-refractivity contribution in [1.82, 2.24) is 24.5 Å². The zero-order chi connectivity index (χ0) is 26.7. The van der Waals surface area contributed by atoms with Gasteiger partial charge >= 0.3 is 0 Å². The number of benzene rings is 1. The molecule has 38 heavy (non-hydrogen) atoms. The van der Waals surface area contributed by atoms with E-state index in [0.29, 0.717) is 12.4 Å². The van der Waals surface area contributed by atoms with E-state index in [2.05, 4.69) is 46.9 Å². The van der Waals surface area contributed by atoms with Crippen LogP contribution in [0.1, 0.15) is 68.5 Å². The van der Waals surface area contributed by atoms with Gasteiger partial charge in [-0.2, -0.15) is 8.78 Å². The van der Waals surface area contributed by atoms with Gasteiger partial charge in [-0.3, -0.25) is 4.98 Å². The zero-order valence-electron chi connectivity index (χ0n) is 22.2. The summed E-state index contributed by atoms with van der Waals surface area (Å²) in [7, 11) is 1.74. The molecule has 4 heterocycles. The van der Waals surface area contributed by atoms with Gasteiger partial charge in [0.1, 0.15) is 17.3 Å². The average molecular weight is 515 g/mol. The molecule has 0 radical (unpaired) electrons. The van der Waals surface area contributed by atoms with Gasteiger partial charge in [-0.05, 0) is 42.9 Å². The lowest BCUT2D eigenvalue weighted by molar-refractivity contribution is 0.0131. The number of alkyl halides is 2. The van der Waals surface area contributed by atoms with E-state index < -0.39 is 5.92 Å². The van der Waals surface area contributed by atoms with E-state index in [1.807, 2.05) is 30.6 Å². The van der Waals surface area contributed by atoms with E-state index in [1.54, 1.807) is 11.6 Å². The van der Waals surface area contributed by atoms with Crippen LogP contribution >= 0.6 is 0 Å². The molecule has 6 nitrogen and oxygen atoms in total. The molecule has 0 amide bonds. The number of hydrogen-bond donors (Lipinski definition) is 0. The molecule has 0 saturated heterocycles. The van der Waals surface area contributed by atoms with E-state index in [-0.39, 0.29) is 17.0 Å². The summed E-state index contributed by atoms with van der Waals surface area (Å²) in [6.45, 7) is 6.79. The molecule has 6 rings (SSSR count). The Morgan fingerprint density at radius 1 is 1.03 bits per heavy atom. The third-order valence-corrected chi connectivity index (χ3v) is 7.89. The first kappa shape index (κ1) is 24.6.